The molecule has 1 rings (SSSR count). The summed E-state index contributed by atoms with van der Waals surface area (Å²) in [6.07, 6.45) is 1.01. The van der Waals surface area contributed by atoms with E-state index in [0.717, 1.165) is 18.8 Å². The van der Waals surface area contributed by atoms with Crippen LogP contribution in [0, 0.1) is 0 Å². The van der Waals surface area contributed by atoms with E-state index in [2.05, 4.69) is 38.2 Å². The molecule has 0 saturated carbocycles. The Kier molecular flexibility index (Phi) is 5.33. The standard InChI is InChI=1S/C14H23NO/c1-5-16-14-9-7-6-8-13(14)10-12(4)15-11(2)3/h6-9,11-12,15H,5,10H2,1-4H3. The first kappa shape index (κ1) is 13.0. The van der Waals surface area contributed by atoms with Gasteiger partial charge < -0.3 is 10.1 Å². The van der Waals surface area contributed by atoms with Crippen molar-refractivity contribution in [2.75, 3.05) is 6.61 Å². The van der Waals surface area contributed by atoms with E-state index in [-0.39, 0.29) is 0 Å². The van der Waals surface area contributed by atoms with Gasteiger partial charge in [0.25, 0.3) is 0 Å². The predicted octanol–water partition coefficient (Wildman–Crippen LogP) is 3.01. The summed E-state index contributed by atoms with van der Waals surface area (Å²) in [5.41, 5.74) is 1.28. The molecule has 16 heavy (non-hydrogen) atoms. The number of benzene rings is 1. The summed E-state index contributed by atoms with van der Waals surface area (Å²) in [6.45, 7) is 9.30. The molecule has 0 spiro atoms. The molecule has 1 aromatic carbocycles. The molecule has 1 N–H and O–H groups in total. The van der Waals surface area contributed by atoms with Gasteiger partial charge in [-0.2, -0.15) is 0 Å². The largest absolute Gasteiger partial charge is 0.494 e. The molecule has 0 amide bonds. The van der Waals surface area contributed by atoms with E-state index in [9.17, 15) is 0 Å². The Bertz CT molecular complexity index is 309. The van der Waals surface area contributed by atoms with Crippen LogP contribution in [0.1, 0.15) is 33.3 Å². The minimum absolute atomic E-state index is 0.474. The van der Waals surface area contributed by atoms with Crippen molar-refractivity contribution in [2.24, 2.45) is 0 Å². The second kappa shape index (κ2) is 6.54. The van der Waals surface area contributed by atoms with E-state index in [4.69, 9.17) is 4.74 Å². The number of ether oxygens (including phenoxy) is 1. The van der Waals surface area contributed by atoms with Crippen LogP contribution in [-0.2, 0) is 6.42 Å². The normalized spacial score (nSPS) is 12.8. The van der Waals surface area contributed by atoms with Gasteiger partial charge in [-0.25, -0.2) is 0 Å². The average Bonchev–Trinajstić information content (AvgIpc) is 2.20. The van der Waals surface area contributed by atoms with Crippen LogP contribution in [-0.4, -0.2) is 18.7 Å². The number of rotatable bonds is 6. The van der Waals surface area contributed by atoms with E-state index in [1.165, 1.54) is 5.56 Å². The SMILES string of the molecule is CCOc1ccccc1CC(C)NC(C)C. The van der Waals surface area contributed by atoms with Crippen LogP contribution in [0.4, 0.5) is 0 Å². The van der Waals surface area contributed by atoms with E-state index < -0.39 is 0 Å². The molecular weight excluding hydrogens is 198 g/mol. The zero-order chi connectivity index (χ0) is 12.0. The van der Waals surface area contributed by atoms with Gasteiger partial charge in [0.1, 0.15) is 5.75 Å². The molecule has 2 heteroatoms. The zero-order valence-electron chi connectivity index (χ0n) is 10.8. The van der Waals surface area contributed by atoms with Crippen LogP contribution in [0.5, 0.6) is 5.75 Å². The highest BCUT2D eigenvalue weighted by Crippen LogP contribution is 2.19. The van der Waals surface area contributed by atoms with E-state index in [0.29, 0.717) is 12.1 Å². The summed E-state index contributed by atoms with van der Waals surface area (Å²) < 4.78 is 5.62. The van der Waals surface area contributed by atoms with Crippen molar-refractivity contribution < 1.29 is 4.74 Å². The first-order valence-electron chi connectivity index (χ1n) is 6.10. The first-order valence-corrected chi connectivity index (χ1v) is 6.10. The average molecular weight is 221 g/mol. The Balaban J connectivity index is 2.64. The summed E-state index contributed by atoms with van der Waals surface area (Å²) in [5.74, 6) is 1.02. The molecule has 1 atom stereocenters. The van der Waals surface area contributed by atoms with Crippen molar-refractivity contribution in [3.8, 4) is 5.75 Å². The second-order valence-corrected chi connectivity index (χ2v) is 4.47. The van der Waals surface area contributed by atoms with Gasteiger partial charge in [-0.05, 0) is 31.9 Å². The van der Waals surface area contributed by atoms with E-state index >= 15 is 0 Å². The highest BCUT2D eigenvalue weighted by molar-refractivity contribution is 5.33. The van der Waals surface area contributed by atoms with Crippen LogP contribution in [0.15, 0.2) is 24.3 Å². The fourth-order valence-corrected chi connectivity index (χ4v) is 1.93. The molecule has 0 aromatic heterocycles. The smallest absolute Gasteiger partial charge is 0.122 e. The second-order valence-electron chi connectivity index (χ2n) is 4.47. The minimum Gasteiger partial charge on any atom is -0.494 e. The summed E-state index contributed by atoms with van der Waals surface area (Å²) in [4.78, 5) is 0. The molecule has 1 aromatic rings. The van der Waals surface area contributed by atoms with Gasteiger partial charge in [0.15, 0.2) is 0 Å². The molecule has 2 nitrogen and oxygen atoms in total. The number of nitrogens with one attached hydrogen (secondary N) is 1. The molecule has 0 aliphatic rings. The van der Waals surface area contributed by atoms with Gasteiger partial charge in [-0.1, -0.05) is 32.0 Å². The molecule has 90 valence electrons. The zero-order valence-corrected chi connectivity index (χ0v) is 10.8. The number of hydrogen-bond acceptors (Lipinski definition) is 2. The van der Waals surface area contributed by atoms with Gasteiger partial charge in [0.2, 0.25) is 0 Å². The van der Waals surface area contributed by atoms with Crippen molar-refractivity contribution >= 4 is 0 Å². The van der Waals surface area contributed by atoms with Crippen molar-refractivity contribution in [3.05, 3.63) is 29.8 Å². The highest BCUT2D eigenvalue weighted by atomic mass is 16.5. The van der Waals surface area contributed by atoms with Gasteiger partial charge in [0, 0.05) is 12.1 Å². The van der Waals surface area contributed by atoms with Crippen LogP contribution in [0.3, 0.4) is 0 Å². The van der Waals surface area contributed by atoms with E-state index in [1.807, 2.05) is 19.1 Å². The molecule has 0 radical (unpaired) electrons. The molecule has 0 saturated heterocycles. The molecule has 0 aliphatic heterocycles. The number of hydrogen-bond donors (Lipinski definition) is 1. The summed E-state index contributed by atoms with van der Waals surface area (Å²) in [5, 5.41) is 3.50. The monoisotopic (exact) mass is 221 g/mol. The van der Waals surface area contributed by atoms with Crippen molar-refractivity contribution in [1.82, 2.24) is 5.32 Å². The fourth-order valence-electron chi connectivity index (χ4n) is 1.93. The molecule has 0 aliphatic carbocycles. The Morgan fingerprint density at radius 3 is 2.50 bits per heavy atom. The van der Waals surface area contributed by atoms with Gasteiger partial charge >= 0.3 is 0 Å². The van der Waals surface area contributed by atoms with Crippen molar-refractivity contribution in [1.29, 1.82) is 0 Å². The maximum absolute atomic E-state index is 5.62. The summed E-state index contributed by atoms with van der Waals surface area (Å²) >= 11 is 0. The Morgan fingerprint density at radius 2 is 1.88 bits per heavy atom. The van der Waals surface area contributed by atoms with Gasteiger partial charge in [0.05, 0.1) is 6.61 Å². The molecular formula is C14H23NO. The fraction of sp³-hybridized carbons (Fsp3) is 0.571. The van der Waals surface area contributed by atoms with Crippen LogP contribution >= 0.6 is 0 Å². The van der Waals surface area contributed by atoms with E-state index in [1.54, 1.807) is 0 Å². The Hall–Kier alpha value is -1.02. The Morgan fingerprint density at radius 1 is 1.19 bits per heavy atom. The molecule has 0 fully saturated rings. The number of para-hydroxylation sites is 1. The maximum atomic E-state index is 5.62. The van der Waals surface area contributed by atoms with Crippen LogP contribution in [0.25, 0.3) is 0 Å². The summed E-state index contributed by atoms with van der Waals surface area (Å²) in [6, 6.07) is 9.27. The van der Waals surface area contributed by atoms with Gasteiger partial charge in [-0.3, -0.25) is 0 Å². The lowest BCUT2D eigenvalue weighted by Gasteiger charge is -2.18. The third-order valence-corrected chi connectivity index (χ3v) is 2.42. The lowest BCUT2D eigenvalue weighted by Crippen LogP contribution is -2.33. The Labute approximate surface area is 99.0 Å². The lowest BCUT2D eigenvalue weighted by molar-refractivity contribution is 0.334. The topological polar surface area (TPSA) is 21.3 Å². The quantitative estimate of drug-likeness (QED) is 0.797. The summed E-state index contributed by atoms with van der Waals surface area (Å²) in [7, 11) is 0. The molecule has 1 unspecified atom stereocenters. The third kappa shape index (κ3) is 4.23. The molecule has 0 bridgehead atoms. The van der Waals surface area contributed by atoms with Crippen LogP contribution < -0.4 is 10.1 Å². The third-order valence-electron chi connectivity index (χ3n) is 2.42. The maximum Gasteiger partial charge on any atom is 0.122 e. The first-order chi connectivity index (χ1) is 7.63. The van der Waals surface area contributed by atoms with Crippen LogP contribution in [0.2, 0.25) is 0 Å². The van der Waals surface area contributed by atoms with Gasteiger partial charge in [-0.15, -0.1) is 0 Å². The van der Waals surface area contributed by atoms with Crippen molar-refractivity contribution in [3.63, 3.8) is 0 Å². The highest BCUT2D eigenvalue weighted by Gasteiger charge is 2.08. The minimum atomic E-state index is 0.474. The lowest BCUT2D eigenvalue weighted by atomic mass is 10.1. The van der Waals surface area contributed by atoms with Crippen molar-refractivity contribution in [2.45, 2.75) is 46.2 Å². The predicted molar refractivity (Wildman–Crippen MR) is 69.0 cm³/mol. The molecule has 0 heterocycles.